The summed E-state index contributed by atoms with van der Waals surface area (Å²) in [6.45, 7) is 3.80. The van der Waals surface area contributed by atoms with Crippen LogP contribution in [0, 0.1) is 0 Å². The van der Waals surface area contributed by atoms with Crippen LogP contribution in [0.15, 0.2) is 54.6 Å². The molecule has 2 heterocycles. The number of carbonyl (C=O) groups excluding carboxylic acids is 1. The van der Waals surface area contributed by atoms with Crippen LogP contribution >= 0.6 is 11.3 Å². The van der Waals surface area contributed by atoms with Crippen molar-refractivity contribution in [3.05, 3.63) is 60.2 Å². The van der Waals surface area contributed by atoms with Crippen molar-refractivity contribution < 1.29 is 14.3 Å². The van der Waals surface area contributed by atoms with Crippen LogP contribution < -0.4 is 20.5 Å². The number of ether oxygens (including phenoxy) is 2. The number of hydrogen-bond acceptors (Lipinski definition) is 6. The van der Waals surface area contributed by atoms with Crippen molar-refractivity contribution in [3.63, 3.8) is 0 Å². The van der Waals surface area contributed by atoms with Crippen molar-refractivity contribution in [1.82, 2.24) is 4.90 Å². The van der Waals surface area contributed by atoms with E-state index in [9.17, 15) is 4.79 Å². The summed E-state index contributed by atoms with van der Waals surface area (Å²) in [7, 11) is 1.59. The van der Waals surface area contributed by atoms with Crippen molar-refractivity contribution in [3.8, 4) is 21.9 Å². The van der Waals surface area contributed by atoms with Gasteiger partial charge in [0.25, 0.3) is 5.91 Å². The van der Waals surface area contributed by atoms with Crippen LogP contribution in [0.2, 0.25) is 0 Å². The van der Waals surface area contributed by atoms with Crippen LogP contribution in [0.25, 0.3) is 10.4 Å². The van der Waals surface area contributed by atoms with E-state index in [0.29, 0.717) is 34.4 Å². The van der Waals surface area contributed by atoms with E-state index in [1.165, 1.54) is 24.2 Å². The fourth-order valence-corrected chi connectivity index (χ4v) is 4.61. The summed E-state index contributed by atoms with van der Waals surface area (Å²) < 4.78 is 11.4. The first kappa shape index (κ1) is 21.2. The highest BCUT2D eigenvalue weighted by atomic mass is 32.1. The first-order chi connectivity index (χ1) is 15.1. The molecule has 4 rings (SSSR count). The summed E-state index contributed by atoms with van der Waals surface area (Å²) in [5, 5.41) is 3.40. The zero-order chi connectivity index (χ0) is 21.6. The lowest BCUT2D eigenvalue weighted by atomic mass is 10.1. The maximum absolute atomic E-state index is 12.8. The summed E-state index contributed by atoms with van der Waals surface area (Å²) in [5.41, 5.74) is 8.26. The van der Waals surface area contributed by atoms with Crippen molar-refractivity contribution in [1.29, 1.82) is 0 Å². The zero-order valence-corrected chi connectivity index (χ0v) is 18.4. The highest BCUT2D eigenvalue weighted by molar-refractivity contribution is 7.19. The second-order valence-corrected chi connectivity index (χ2v) is 8.56. The first-order valence-corrected chi connectivity index (χ1v) is 11.2. The van der Waals surface area contributed by atoms with Gasteiger partial charge >= 0.3 is 0 Å². The standard InChI is InChI=1S/C24H27N3O3S/c1-29-21-15-18(9-10-20(21)30-14-13-27-11-5-6-12-27)26-24(28)19-16-22(31-23(19)25)17-7-3-2-4-8-17/h2-4,7-10,15-16H,5-6,11-14,25H2,1H3,(H,26,28). The van der Waals surface area contributed by atoms with E-state index in [-0.39, 0.29) is 5.91 Å². The van der Waals surface area contributed by atoms with E-state index in [0.717, 1.165) is 30.1 Å². The fourth-order valence-electron chi connectivity index (χ4n) is 3.68. The molecule has 0 bridgehead atoms. The molecule has 1 aliphatic heterocycles. The van der Waals surface area contributed by atoms with Crippen molar-refractivity contribution in [2.24, 2.45) is 0 Å². The highest BCUT2D eigenvalue weighted by Gasteiger charge is 2.17. The van der Waals surface area contributed by atoms with E-state index in [2.05, 4.69) is 10.2 Å². The number of amides is 1. The summed E-state index contributed by atoms with van der Waals surface area (Å²) in [4.78, 5) is 16.2. The number of nitrogens with one attached hydrogen (secondary N) is 1. The second kappa shape index (κ2) is 9.85. The third-order valence-electron chi connectivity index (χ3n) is 5.35. The number of hydrogen-bond donors (Lipinski definition) is 2. The van der Waals surface area contributed by atoms with Gasteiger partial charge in [-0.15, -0.1) is 11.3 Å². The Bertz CT molecular complexity index is 1030. The highest BCUT2D eigenvalue weighted by Crippen LogP contribution is 2.35. The van der Waals surface area contributed by atoms with Gasteiger partial charge in [0.2, 0.25) is 0 Å². The summed E-state index contributed by atoms with van der Waals surface area (Å²) in [6.07, 6.45) is 2.53. The Morgan fingerprint density at radius 1 is 1.10 bits per heavy atom. The van der Waals surface area contributed by atoms with Gasteiger partial charge in [0.05, 0.1) is 17.7 Å². The predicted octanol–water partition coefficient (Wildman–Crippen LogP) is 4.73. The van der Waals surface area contributed by atoms with Gasteiger partial charge in [0, 0.05) is 23.2 Å². The van der Waals surface area contributed by atoms with Crippen LogP contribution in [-0.2, 0) is 0 Å². The van der Waals surface area contributed by atoms with E-state index in [1.54, 1.807) is 13.2 Å². The molecule has 7 heteroatoms. The lowest BCUT2D eigenvalue weighted by Gasteiger charge is -2.16. The number of carbonyl (C=O) groups is 1. The first-order valence-electron chi connectivity index (χ1n) is 10.4. The predicted molar refractivity (Wildman–Crippen MR) is 126 cm³/mol. The average Bonchev–Trinajstić information content (AvgIpc) is 3.45. The number of likely N-dealkylation sites (tertiary alicyclic amines) is 1. The van der Waals surface area contributed by atoms with Gasteiger partial charge in [0.1, 0.15) is 6.61 Å². The molecule has 0 unspecified atom stereocenters. The molecule has 1 saturated heterocycles. The molecule has 3 N–H and O–H groups in total. The van der Waals surface area contributed by atoms with Gasteiger partial charge in [-0.3, -0.25) is 9.69 Å². The van der Waals surface area contributed by atoms with Crippen molar-refractivity contribution in [2.45, 2.75) is 12.8 Å². The molecule has 31 heavy (non-hydrogen) atoms. The number of nitrogen functional groups attached to an aromatic ring is 1. The Hall–Kier alpha value is -3.03. The summed E-state index contributed by atoms with van der Waals surface area (Å²) in [5.74, 6) is 1.00. The minimum Gasteiger partial charge on any atom is -0.493 e. The van der Waals surface area contributed by atoms with E-state index in [4.69, 9.17) is 15.2 Å². The summed E-state index contributed by atoms with van der Waals surface area (Å²) in [6, 6.07) is 17.1. The number of nitrogens with two attached hydrogens (primary N) is 1. The van der Waals surface area contributed by atoms with Crippen LogP contribution in [0.4, 0.5) is 10.7 Å². The molecule has 162 valence electrons. The minimum atomic E-state index is -0.249. The number of methoxy groups -OCH3 is 1. The quantitative estimate of drug-likeness (QED) is 0.533. The van der Waals surface area contributed by atoms with Gasteiger partial charge in [-0.2, -0.15) is 0 Å². The third-order valence-corrected chi connectivity index (χ3v) is 6.36. The number of rotatable bonds is 8. The van der Waals surface area contributed by atoms with Gasteiger partial charge in [-0.05, 0) is 49.7 Å². The maximum atomic E-state index is 12.8. The number of anilines is 2. The molecule has 0 spiro atoms. The molecule has 1 fully saturated rings. The largest absolute Gasteiger partial charge is 0.493 e. The SMILES string of the molecule is COc1cc(NC(=O)c2cc(-c3ccccc3)sc2N)ccc1OCCN1CCCC1. The molecule has 2 aromatic carbocycles. The lowest BCUT2D eigenvalue weighted by Crippen LogP contribution is -2.25. The van der Waals surface area contributed by atoms with Crippen LogP contribution in [0.5, 0.6) is 11.5 Å². The number of benzene rings is 2. The number of nitrogens with zero attached hydrogens (tertiary/aromatic N) is 1. The Balaban J connectivity index is 1.41. The van der Waals surface area contributed by atoms with E-state index in [1.807, 2.05) is 48.5 Å². The Labute approximate surface area is 186 Å². The average molecular weight is 438 g/mol. The minimum absolute atomic E-state index is 0.249. The van der Waals surface area contributed by atoms with Crippen molar-refractivity contribution in [2.75, 3.05) is 44.4 Å². The fraction of sp³-hybridized carbons (Fsp3) is 0.292. The van der Waals surface area contributed by atoms with Gasteiger partial charge < -0.3 is 20.5 Å². The lowest BCUT2D eigenvalue weighted by molar-refractivity contribution is 0.102. The Morgan fingerprint density at radius 2 is 1.87 bits per heavy atom. The maximum Gasteiger partial charge on any atom is 0.258 e. The number of thiophene rings is 1. The van der Waals surface area contributed by atoms with E-state index < -0.39 is 0 Å². The molecule has 1 aliphatic rings. The summed E-state index contributed by atoms with van der Waals surface area (Å²) >= 11 is 1.40. The molecule has 1 amide bonds. The molecule has 6 nitrogen and oxygen atoms in total. The molecule has 0 atom stereocenters. The monoisotopic (exact) mass is 437 g/mol. The molecule has 3 aromatic rings. The van der Waals surface area contributed by atoms with Gasteiger partial charge in [0.15, 0.2) is 11.5 Å². The Kier molecular flexibility index (Phi) is 6.74. The molecule has 0 radical (unpaired) electrons. The van der Waals surface area contributed by atoms with Crippen LogP contribution in [0.3, 0.4) is 0 Å². The molecule has 0 aliphatic carbocycles. The molecule has 1 aromatic heterocycles. The van der Waals surface area contributed by atoms with Crippen LogP contribution in [0.1, 0.15) is 23.2 Å². The third kappa shape index (κ3) is 5.18. The topological polar surface area (TPSA) is 76.8 Å². The van der Waals surface area contributed by atoms with E-state index >= 15 is 0 Å². The van der Waals surface area contributed by atoms with Gasteiger partial charge in [-0.25, -0.2) is 0 Å². The van der Waals surface area contributed by atoms with Gasteiger partial charge in [-0.1, -0.05) is 30.3 Å². The molecular formula is C24H27N3O3S. The zero-order valence-electron chi connectivity index (χ0n) is 17.6. The van der Waals surface area contributed by atoms with Crippen molar-refractivity contribution >= 4 is 27.9 Å². The smallest absolute Gasteiger partial charge is 0.258 e. The van der Waals surface area contributed by atoms with Crippen LogP contribution in [-0.4, -0.2) is 44.2 Å². The Morgan fingerprint density at radius 3 is 2.61 bits per heavy atom. The normalized spacial score (nSPS) is 13.8. The molecule has 0 saturated carbocycles. The second-order valence-electron chi connectivity index (χ2n) is 7.47. The molecular weight excluding hydrogens is 410 g/mol.